The van der Waals surface area contributed by atoms with Gasteiger partial charge in [0.25, 0.3) is 5.91 Å². The zero-order valence-corrected chi connectivity index (χ0v) is 19.6. The summed E-state index contributed by atoms with van der Waals surface area (Å²) in [6.07, 6.45) is 4.88. The average Bonchev–Trinajstić information content (AvgIpc) is 3.23. The molecule has 5 nitrogen and oxygen atoms in total. The fourth-order valence-corrected chi connectivity index (χ4v) is 4.59. The third kappa shape index (κ3) is 5.59. The maximum absolute atomic E-state index is 12.7. The van der Waals surface area contributed by atoms with Gasteiger partial charge in [-0.3, -0.25) is 9.69 Å². The lowest BCUT2D eigenvalue weighted by atomic mass is 10.0. The van der Waals surface area contributed by atoms with Gasteiger partial charge in [-0.25, -0.2) is 4.68 Å². The van der Waals surface area contributed by atoms with Crippen LogP contribution in [0.3, 0.4) is 0 Å². The van der Waals surface area contributed by atoms with Gasteiger partial charge in [-0.1, -0.05) is 61.8 Å². The number of rotatable bonds is 7. The number of halogens is 1. The van der Waals surface area contributed by atoms with Crippen molar-refractivity contribution >= 4 is 23.3 Å². The molecule has 0 saturated carbocycles. The molecule has 2 heterocycles. The van der Waals surface area contributed by atoms with E-state index in [1.807, 2.05) is 22.9 Å². The van der Waals surface area contributed by atoms with Crippen LogP contribution >= 0.6 is 11.6 Å². The molecule has 6 heteroatoms. The van der Waals surface area contributed by atoms with Gasteiger partial charge >= 0.3 is 0 Å². The molecule has 0 unspecified atom stereocenters. The van der Waals surface area contributed by atoms with E-state index >= 15 is 0 Å². The zero-order chi connectivity index (χ0) is 22.5. The Morgan fingerprint density at radius 2 is 1.75 bits per heavy atom. The van der Waals surface area contributed by atoms with Crippen molar-refractivity contribution in [3.8, 4) is 0 Å². The first-order valence-corrected chi connectivity index (χ1v) is 11.8. The standard InChI is InChI=1S/C26H31ClN4O/c1-19(2)17-20-7-9-21(10-8-20)18-30-15-12-22(13-16-30)31-25(11-14-28-31)29-26(32)23-5-3-4-6-24(23)27/h3-11,14,19,22H,12-13,15-18H2,1-2H3,(H,29,32). The van der Waals surface area contributed by atoms with Gasteiger partial charge in [-0.2, -0.15) is 5.10 Å². The predicted molar refractivity (Wildman–Crippen MR) is 130 cm³/mol. The summed E-state index contributed by atoms with van der Waals surface area (Å²) in [5.41, 5.74) is 3.24. The Bertz CT molecular complexity index is 1040. The molecule has 1 saturated heterocycles. The van der Waals surface area contributed by atoms with Crippen LogP contribution in [0.15, 0.2) is 60.8 Å². The first-order chi connectivity index (χ1) is 15.5. The normalized spacial score (nSPS) is 15.2. The summed E-state index contributed by atoms with van der Waals surface area (Å²) in [5.74, 6) is 1.19. The van der Waals surface area contributed by atoms with Gasteiger partial charge in [-0.05, 0) is 48.4 Å². The Kier molecular flexibility index (Phi) is 7.28. The fourth-order valence-electron chi connectivity index (χ4n) is 4.37. The van der Waals surface area contributed by atoms with Crippen molar-refractivity contribution in [3.63, 3.8) is 0 Å². The second-order valence-corrected chi connectivity index (χ2v) is 9.42. The lowest BCUT2D eigenvalue weighted by Gasteiger charge is -2.32. The van der Waals surface area contributed by atoms with E-state index in [1.54, 1.807) is 18.3 Å². The number of hydrogen-bond acceptors (Lipinski definition) is 3. The predicted octanol–water partition coefficient (Wildman–Crippen LogP) is 5.82. The van der Waals surface area contributed by atoms with Crippen LogP contribution in [-0.2, 0) is 13.0 Å². The SMILES string of the molecule is CC(C)Cc1ccc(CN2CCC(n3nccc3NC(=O)c3ccccc3Cl)CC2)cc1. The van der Waals surface area contributed by atoms with Gasteiger partial charge in [0.1, 0.15) is 5.82 Å². The molecule has 1 fully saturated rings. The number of anilines is 1. The van der Waals surface area contributed by atoms with Crippen LogP contribution in [0.1, 0.15) is 54.2 Å². The molecule has 1 aliphatic rings. The summed E-state index contributed by atoms with van der Waals surface area (Å²) in [4.78, 5) is 15.2. The van der Waals surface area contributed by atoms with Crippen molar-refractivity contribution in [1.29, 1.82) is 0 Å². The summed E-state index contributed by atoms with van der Waals surface area (Å²) in [6.45, 7) is 7.51. The van der Waals surface area contributed by atoms with Crippen molar-refractivity contribution < 1.29 is 4.79 Å². The number of nitrogens with zero attached hydrogens (tertiary/aromatic N) is 3. The summed E-state index contributed by atoms with van der Waals surface area (Å²) >= 11 is 6.17. The van der Waals surface area contributed by atoms with E-state index < -0.39 is 0 Å². The number of nitrogens with one attached hydrogen (secondary N) is 1. The first-order valence-electron chi connectivity index (χ1n) is 11.4. The van der Waals surface area contributed by atoms with Gasteiger partial charge in [-0.15, -0.1) is 0 Å². The van der Waals surface area contributed by atoms with E-state index in [2.05, 4.69) is 53.4 Å². The molecule has 2 aromatic carbocycles. The highest BCUT2D eigenvalue weighted by Crippen LogP contribution is 2.27. The van der Waals surface area contributed by atoms with E-state index in [0.717, 1.165) is 38.9 Å². The molecule has 32 heavy (non-hydrogen) atoms. The Labute approximate surface area is 195 Å². The molecule has 0 aliphatic carbocycles. The van der Waals surface area contributed by atoms with E-state index in [1.165, 1.54) is 11.1 Å². The number of aromatic nitrogens is 2. The highest BCUT2D eigenvalue weighted by molar-refractivity contribution is 6.34. The molecular formula is C26H31ClN4O. The number of carbonyl (C=O) groups excluding carboxylic acids is 1. The van der Waals surface area contributed by atoms with Crippen molar-refractivity contribution in [2.45, 2.75) is 45.7 Å². The smallest absolute Gasteiger partial charge is 0.258 e. The van der Waals surface area contributed by atoms with E-state index in [0.29, 0.717) is 22.3 Å². The van der Waals surface area contributed by atoms with Crippen LogP contribution in [0.5, 0.6) is 0 Å². The number of likely N-dealkylation sites (tertiary alicyclic amines) is 1. The van der Waals surface area contributed by atoms with Crippen molar-refractivity contribution in [2.24, 2.45) is 5.92 Å². The van der Waals surface area contributed by atoms with Crippen molar-refractivity contribution in [2.75, 3.05) is 18.4 Å². The van der Waals surface area contributed by atoms with Gasteiger partial charge in [0.15, 0.2) is 0 Å². The number of carbonyl (C=O) groups is 1. The van der Waals surface area contributed by atoms with Gasteiger partial charge in [0, 0.05) is 25.7 Å². The Morgan fingerprint density at radius 3 is 2.44 bits per heavy atom. The van der Waals surface area contributed by atoms with Crippen molar-refractivity contribution in [1.82, 2.24) is 14.7 Å². The van der Waals surface area contributed by atoms with Gasteiger partial charge < -0.3 is 5.32 Å². The largest absolute Gasteiger partial charge is 0.307 e. The summed E-state index contributed by atoms with van der Waals surface area (Å²) in [7, 11) is 0. The Hall–Kier alpha value is -2.63. The molecule has 1 aromatic heterocycles. The lowest BCUT2D eigenvalue weighted by Crippen LogP contribution is -2.35. The molecule has 1 amide bonds. The summed E-state index contributed by atoms with van der Waals surface area (Å²) in [6, 6.07) is 18.3. The van der Waals surface area contributed by atoms with Crippen molar-refractivity contribution in [3.05, 3.63) is 82.5 Å². The number of hydrogen-bond donors (Lipinski definition) is 1. The monoisotopic (exact) mass is 450 g/mol. The summed E-state index contributed by atoms with van der Waals surface area (Å²) < 4.78 is 1.95. The highest BCUT2D eigenvalue weighted by atomic mass is 35.5. The van der Waals surface area contributed by atoms with Crippen LogP contribution in [0.25, 0.3) is 0 Å². The molecule has 0 bridgehead atoms. The van der Waals surface area contributed by atoms with E-state index in [9.17, 15) is 4.79 Å². The third-order valence-corrected chi connectivity index (χ3v) is 6.34. The average molecular weight is 451 g/mol. The van der Waals surface area contributed by atoms with Crippen LogP contribution < -0.4 is 5.32 Å². The van der Waals surface area contributed by atoms with Gasteiger partial charge in [0.2, 0.25) is 0 Å². The fraction of sp³-hybridized carbons (Fsp3) is 0.385. The molecule has 1 aliphatic heterocycles. The van der Waals surface area contributed by atoms with E-state index in [-0.39, 0.29) is 11.9 Å². The number of benzene rings is 2. The molecule has 0 spiro atoms. The number of piperidine rings is 1. The Morgan fingerprint density at radius 1 is 1.06 bits per heavy atom. The molecule has 168 valence electrons. The maximum Gasteiger partial charge on any atom is 0.258 e. The Balaban J connectivity index is 1.33. The molecule has 0 atom stereocenters. The second-order valence-electron chi connectivity index (χ2n) is 9.02. The quantitative estimate of drug-likeness (QED) is 0.493. The molecule has 1 N–H and O–H groups in total. The third-order valence-electron chi connectivity index (χ3n) is 6.01. The first kappa shape index (κ1) is 22.6. The number of amides is 1. The van der Waals surface area contributed by atoms with Crippen LogP contribution in [0.4, 0.5) is 5.82 Å². The van der Waals surface area contributed by atoms with E-state index in [4.69, 9.17) is 11.6 Å². The highest BCUT2D eigenvalue weighted by Gasteiger charge is 2.23. The molecular weight excluding hydrogens is 420 g/mol. The van der Waals surface area contributed by atoms with Crippen LogP contribution in [0.2, 0.25) is 5.02 Å². The van der Waals surface area contributed by atoms with Crippen LogP contribution in [0, 0.1) is 5.92 Å². The molecule has 3 aromatic rings. The minimum absolute atomic E-state index is 0.212. The minimum Gasteiger partial charge on any atom is -0.307 e. The molecule has 0 radical (unpaired) electrons. The maximum atomic E-state index is 12.7. The topological polar surface area (TPSA) is 50.2 Å². The molecule has 4 rings (SSSR count). The van der Waals surface area contributed by atoms with Gasteiger partial charge in [0.05, 0.1) is 22.8 Å². The summed E-state index contributed by atoms with van der Waals surface area (Å²) in [5, 5.41) is 7.93. The lowest BCUT2D eigenvalue weighted by molar-refractivity contribution is 0.102. The minimum atomic E-state index is -0.212. The zero-order valence-electron chi connectivity index (χ0n) is 18.8. The second kappa shape index (κ2) is 10.3. The van der Waals surface area contributed by atoms with Crippen LogP contribution in [-0.4, -0.2) is 33.7 Å².